The van der Waals surface area contributed by atoms with Gasteiger partial charge in [-0.2, -0.15) is 0 Å². The lowest BCUT2D eigenvalue weighted by Crippen LogP contribution is -2.60. The maximum Gasteiger partial charge on any atom is 0.338 e. The van der Waals surface area contributed by atoms with Gasteiger partial charge in [0.05, 0.1) is 19.8 Å². The van der Waals surface area contributed by atoms with Crippen LogP contribution >= 0.6 is 0 Å². The third kappa shape index (κ3) is 4.81. The number of carboxylic acids is 3. The Morgan fingerprint density at radius 2 is 0.833 bits per heavy atom. The first kappa shape index (κ1) is 24.7. The number of aliphatic carboxylic acids is 3. The fourth-order valence-electron chi connectivity index (χ4n) is 2.64. The van der Waals surface area contributed by atoms with Crippen LogP contribution in [0.4, 0.5) is 0 Å². The summed E-state index contributed by atoms with van der Waals surface area (Å²) in [4.78, 5) is 73.4. The lowest BCUT2D eigenvalue weighted by Gasteiger charge is -2.23. The second-order valence-corrected chi connectivity index (χ2v) is 5.89. The van der Waals surface area contributed by atoms with Crippen LogP contribution in [0, 0.1) is 0 Å². The summed E-state index contributed by atoms with van der Waals surface area (Å²) in [5, 5.41) is 28.2. The molecule has 0 bridgehead atoms. The SMILES string of the molecule is COCC(C(=O)O)n1c(=O)n(C(COC)C(=O)O)c(=O)n(C(COC)C(=O)O)c1=O. The number of hydrogen-bond donors (Lipinski definition) is 3. The van der Waals surface area contributed by atoms with E-state index >= 15 is 0 Å². The van der Waals surface area contributed by atoms with Crippen LogP contribution in [0.3, 0.4) is 0 Å². The van der Waals surface area contributed by atoms with E-state index in [0.29, 0.717) is 0 Å². The van der Waals surface area contributed by atoms with Crippen molar-refractivity contribution in [3.63, 3.8) is 0 Å². The van der Waals surface area contributed by atoms with Gasteiger partial charge in [0.15, 0.2) is 18.1 Å². The molecule has 3 atom stereocenters. The van der Waals surface area contributed by atoms with Crippen molar-refractivity contribution in [3.8, 4) is 0 Å². The molecule has 0 aliphatic heterocycles. The van der Waals surface area contributed by atoms with Gasteiger partial charge in [0.25, 0.3) is 0 Å². The van der Waals surface area contributed by atoms with Gasteiger partial charge in [-0.3, -0.25) is 0 Å². The minimum absolute atomic E-state index is 0.0461. The zero-order chi connectivity index (χ0) is 23.2. The lowest BCUT2D eigenvalue weighted by molar-refractivity contribution is -0.142. The quantitative estimate of drug-likeness (QED) is 0.300. The van der Waals surface area contributed by atoms with Gasteiger partial charge in [-0.15, -0.1) is 0 Å². The van der Waals surface area contributed by atoms with Gasteiger partial charge in [0.2, 0.25) is 0 Å². The van der Waals surface area contributed by atoms with Crippen LogP contribution in [0.1, 0.15) is 18.1 Å². The Bertz CT molecular complexity index is 820. The molecule has 0 aromatic carbocycles. The number of nitrogens with zero attached hydrogens (tertiary/aromatic N) is 3. The Kier molecular flexibility index (Phi) is 8.63. The number of ether oxygens (including phenoxy) is 3. The molecule has 1 aromatic heterocycles. The molecule has 0 aliphatic rings. The molecule has 0 fully saturated rings. The molecule has 30 heavy (non-hydrogen) atoms. The second-order valence-electron chi connectivity index (χ2n) is 5.89. The largest absolute Gasteiger partial charge is 0.480 e. The summed E-state index contributed by atoms with van der Waals surface area (Å²) in [6.45, 7) is -2.15. The molecule has 0 saturated heterocycles. The first-order chi connectivity index (χ1) is 14.0. The van der Waals surface area contributed by atoms with Gasteiger partial charge >= 0.3 is 35.0 Å². The van der Waals surface area contributed by atoms with Gasteiger partial charge in [0.1, 0.15) is 0 Å². The summed E-state index contributed by atoms with van der Waals surface area (Å²) < 4.78 is 14.2. The van der Waals surface area contributed by atoms with Crippen LogP contribution in [-0.2, 0) is 28.6 Å². The maximum absolute atomic E-state index is 12.9. The number of methoxy groups -OCH3 is 3. The predicted molar refractivity (Wildman–Crippen MR) is 94.9 cm³/mol. The smallest absolute Gasteiger partial charge is 0.338 e. The number of carboxylic acid groups (broad SMARTS) is 3. The molecule has 1 heterocycles. The zero-order valence-corrected chi connectivity index (χ0v) is 16.2. The minimum atomic E-state index is -1.98. The van der Waals surface area contributed by atoms with E-state index in [-0.39, 0.29) is 13.7 Å². The van der Waals surface area contributed by atoms with E-state index in [0.717, 1.165) is 21.3 Å². The highest BCUT2D eigenvalue weighted by atomic mass is 16.5. The molecular weight excluding hydrogens is 414 g/mol. The summed E-state index contributed by atoms with van der Waals surface area (Å²) in [5.41, 5.74) is -4.76. The Balaban J connectivity index is 4.18. The molecule has 0 radical (unpaired) electrons. The van der Waals surface area contributed by atoms with Crippen LogP contribution in [0.15, 0.2) is 14.4 Å². The summed E-state index contributed by atoms with van der Waals surface area (Å²) in [5.74, 6) is -5.15. The van der Waals surface area contributed by atoms with Crippen LogP contribution in [0.2, 0.25) is 0 Å². The van der Waals surface area contributed by atoms with E-state index in [9.17, 15) is 44.1 Å². The molecule has 1 rings (SSSR count). The standard InChI is InChI=1S/C15H21N3O12/c1-28-4-7(10(19)20)16-13(25)17(8(5-29-2)11(21)22)15(27)18(14(16)26)9(6-30-3)12(23)24/h7-9H,4-6H2,1-3H3,(H,19,20)(H,21,22)(H,23,24). The van der Waals surface area contributed by atoms with Crippen molar-refractivity contribution in [2.24, 2.45) is 0 Å². The molecule has 0 saturated carbocycles. The number of hydrogen-bond acceptors (Lipinski definition) is 9. The van der Waals surface area contributed by atoms with Crippen molar-refractivity contribution in [3.05, 3.63) is 31.5 Å². The maximum atomic E-state index is 12.9. The predicted octanol–water partition coefficient (Wildman–Crippen LogP) is -3.01. The van der Waals surface area contributed by atoms with Crippen molar-refractivity contribution in [1.82, 2.24) is 13.7 Å². The van der Waals surface area contributed by atoms with Crippen molar-refractivity contribution >= 4 is 17.9 Å². The molecule has 3 unspecified atom stereocenters. The molecule has 1 aromatic rings. The van der Waals surface area contributed by atoms with Crippen molar-refractivity contribution in [2.75, 3.05) is 41.2 Å². The Hall–Kier alpha value is -3.30. The summed E-state index contributed by atoms with van der Waals surface area (Å²) >= 11 is 0. The van der Waals surface area contributed by atoms with Crippen LogP contribution in [-0.4, -0.2) is 88.1 Å². The monoisotopic (exact) mass is 435 g/mol. The van der Waals surface area contributed by atoms with E-state index in [2.05, 4.69) is 0 Å². The van der Waals surface area contributed by atoms with Gasteiger partial charge in [0, 0.05) is 21.3 Å². The highest BCUT2D eigenvalue weighted by molar-refractivity contribution is 5.73. The first-order valence-corrected chi connectivity index (χ1v) is 8.19. The minimum Gasteiger partial charge on any atom is -0.480 e. The number of rotatable bonds is 12. The lowest BCUT2D eigenvalue weighted by atomic mass is 10.2. The number of aromatic nitrogens is 3. The van der Waals surface area contributed by atoms with Crippen molar-refractivity contribution in [2.45, 2.75) is 18.1 Å². The van der Waals surface area contributed by atoms with E-state index in [1.807, 2.05) is 0 Å². The van der Waals surface area contributed by atoms with Gasteiger partial charge in [-0.1, -0.05) is 0 Å². The normalized spacial score (nSPS) is 14.1. The van der Waals surface area contributed by atoms with E-state index in [1.54, 1.807) is 0 Å². The van der Waals surface area contributed by atoms with Gasteiger partial charge < -0.3 is 29.5 Å². The third-order valence-electron chi connectivity index (χ3n) is 4.00. The van der Waals surface area contributed by atoms with E-state index in [1.165, 1.54) is 0 Å². The summed E-state index contributed by atoms with van der Waals surface area (Å²) in [6.07, 6.45) is 0. The molecule has 168 valence electrons. The van der Waals surface area contributed by atoms with Crippen LogP contribution < -0.4 is 17.1 Å². The summed E-state index contributed by atoms with van der Waals surface area (Å²) in [6, 6.07) is -5.95. The molecule has 15 heteroatoms. The average Bonchev–Trinajstić information content (AvgIpc) is 2.65. The fraction of sp³-hybridized carbons (Fsp3) is 0.600. The average molecular weight is 435 g/mol. The Morgan fingerprint density at radius 1 is 0.633 bits per heavy atom. The molecule has 0 amide bonds. The van der Waals surface area contributed by atoms with Crippen LogP contribution in [0.25, 0.3) is 0 Å². The van der Waals surface area contributed by atoms with E-state index < -0.39 is 72.9 Å². The number of carbonyl (C=O) groups is 3. The first-order valence-electron chi connectivity index (χ1n) is 8.19. The molecule has 15 nitrogen and oxygen atoms in total. The Labute approximate surface area is 167 Å². The molecule has 3 N–H and O–H groups in total. The van der Waals surface area contributed by atoms with Crippen molar-refractivity contribution in [1.29, 1.82) is 0 Å². The van der Waals surface area contributed by atoms with Gasteiger partial charge in [-0.05, 0) is 0 Å². The molecule has 0 spiro atoms. The second kappa shape index (κ2) is 10.5. The van der Waals surface area contributed by atoms with Crippen molar-refractivity contribution < 1.29 is 43.9 Å². The summed E-state index contributed by atoms with van der Waals surface area (Å²) in [7, 11) is 3.22. The Morgan fingerprint density at radius 3 is 0.967 bits per heavy atom. The highest BCUT2D eigenvalue weighted by Gasteiger charge is 2.35. The molecular formula is C15H21N3O12. The van der Waals surface area contributed by atoms with E-state index in [4.69, 9.17) is 14.2 Å². The van der Waals surface area contributed by atoms with Gasteiger partial charge in [-0.25, -0.2) is 42.5 Å². The molecule has 0 aliphatic carbocycles. The third-order valence-corrected chi connectivity index (χ3v) is 4.00. The fourth-order valence-corrected chi connectivity index (χ4v) is 2.64. The highest BCUT2D eigenvalue weighted by Crippen LogP contribution is 2.07. The topological polar surface area (TPSA) is 206 Å². The zero-order valence-electron chi connectivity index (χ0n) is 16.2. The van der Waals surface area contributed by atoms with Crippen LogP contribution in [0.5, 0.6) is 0 Å².